The lowest BCUT2D eigenvalue weighted by atomic mass is 10.0. The number of rotatable bonds is 3. The first-order valence-corrected chi connectivity index (χ1v) is 6.35. The molecular weight excluding hydrogens is 212 g/mol. The fraction of sp³-hybridized carbons (Fsp3) is 0.533. The summed E-state index contributed by atoms with van der Waals surface area (Å²) < 4.78 is 5.30. The van der Waals surface area contributed by atoms with Gasteiger partial charge in [-0.25, -0.2) is 0 Å². The van der Waals surface area contributed by atoms with Gasteiger partial charge < -0.3 is 4.74 Å². The number of carbonyl (C=O) groups excluding carboxylic acids is 1. The van der Waals surface area contributed by atoms with Crippen molar-refractivity contribution in [3.05, 3.63) is 29.3 Å². The maximum absolute atomic E-state index is 11.2. The van der Waals surface area contributed by atoms with Crippen molar-refractivity contribution < 1.29 is 9.53 Å². The van der Waals surface area contributed by atoms with Crippen molar-refractivity contribution in [3.63, 3.8) is 0 Å². The number of carbonyl (C=O) groups is 1. The first-order valence-electron chi connectivity index (χ1n) is 6.35. The molecule has 2 heteroatoms. The van der Waals surface area contributed by atoms with Gasteiger partial charge in [-0.2, -0.15) is 0 Å². The molecule has 0 aliphatic rings. The van der Waals surface area contributed by atoms with Crippen LogP contribution in [-0.4, -0.2) is 5.97 Å². The second-order valence-electron chi connectivity index (χ2n) is 4.02. The molecule has 0 unspecified atom stereocenters. The smallest absolute Gasteiger partial charge is 0.310 e. The Bertz CT molecular complexity index is 354. The fourth-order valence-electron chi connectivity index (χ4n) is 1.40. The van der Waals surface area contributed by atoms with Crippen LogP contribution in [0.15, 0.2) is 18.2 Å². The second-order valence-corrected chi connectivity index (χ2v) is 4.02. The van der Waals surface area contributed by atoms with Gasteiger partial charge in [-0.15, -0.1) is 0 Å². The van der Waals surface area contributed by atoms with E-state index in [9.17, 15) is 4.79 Å². The minimum Gasteiger partial charge on any atom is -0.426 e. The van der Waals surface area contributed by atoms with Crippen LogP contribution in [0.25, 0.3) is 0 Å². The molecule has 0 atom stereocenters. The zero-order valence-electron chi connectivity index (χ0n) is 11.8. The first kappa shape index (κ1) is 15.7. The van der Waals surface area contributed by atoms with E-state index in [1.807, 2.05) is 39.0 Å². The first-order chi connectivity index (χ1) is 8.04. The van der Waals surface area contributed by atoms with Gasteiger partial charge in [-0.3, -0.25) is 4.79 Å². The van der Waals surface area contributed by atoms with E-state index in [1.165, 1.54) is 0 Å². The van der Waals surface area contributed by atoms with Gasteiger partial charge in [0, 0.05) is 6.42 Å². The van der Waals surface area contributed by atoms with Crippen molar-refractivity contribution in [2.75, 3.05) is 0 Å². The monoisotopic (exact) mass is 236 g/mol. The molecule has 0 N–H and O–H groups in total. The molecule has 0 saturated heterocycles. The molecule has 1 aromatic rings. The van der Waals surface area contributed by atoms with Crippen molar-refractivity contribution in [2.24, 2.45) is 0 Å². The van der Waals surface area contributed by atoms with Crippen molar-refractivity contribution in [3.8, 4) is 5.75 Å². The zero-order valence-corrected chi connectivity index (χ0v) is 11.8. The Labute approximate surface area is 105 Å². The number of hydrogen-bond acceptors (Lipinski definition) is 2. The molecule has 0 aliphatic carbocycles. The van der Waals surface area contributed by atoms with Gasteiger partial charge in [0.25, 0.3) is 0 Å². The maximum Gasteiger partial charge on any atom is 0.310 e. The highest BCUT2D eigenvalue weighted by Gasteiger charge is 2.10. The molecule has 0 radical (unpaired) electrons. The average Bonchev–Trinajstić information content (AvgIpc) is 2.31. The lowest BCUT2D eigenvalue weighted by Gasteiger charge is -2.13. The summed E-state index contributed by atoms with van der Waals surface area (Å²) in [6.07, 6.45) is 0.408. The minimum atomic E-state index is -0.178. The summed E-state index contributed by atoms with van der Waals surface area (Å²) in [7, 11) is 0. The predicted octanol–water partition coefficient (Wildman–Crippen LogP) is 4.46. The van der Waals surface area contributed by atoms with Gasteiger partial charge in [-0.1, -0.05) is 46.8 Å². The Balaban J connectivity index is 0.00000121. The third kappa shape index (κ3) is 5.03. The topological polar surface area (TPSA) is 26.3 Å². The quantitative estimate of drug-likeness (QED) is 0.572. The Hall–Kier alpha value is -1.31. The Morgan fingerprint density at radius 3 is 2.35 bits per heavy atom. The van der Waals surface area contributed by atoms with Crippen LogP contribution in [0.4, 0.5) is 0 Å². The second kappa shape index (κ2) is 7.88. The highest BCUT2D eigenvalue weighted by molar-refractivity contribution is 5.72. The van der Waals surface area contributed by atoms with Crippen LogP contribution >= 0.6 is 0 Å². The predicted molar refractivity (Wildman–Crippen MR) is 72.5 cm³/mol. The van der Waals surface area contributed by atoms with Crippen molar-refractivity contribution >= 4 is 5.97 Å². The molecular formula is C15H24O2. The van der Waals surface area contributed by atoms with E-state index in [2.05, 4.69) is 13.8 Å². The standard InChI is InChI=1S/C13H18O2.C2H6/c1-5-13(14)15-12-8-10(4)6-7-11(12)9(2)3;1-2/h6-9H,5H2,1-4H3;1-2H3. The van der Waals surface area contributed by atoms with E-state index < -0.39 is 0 Å². The highest BCUT2D eigenvalue weighted by Crippen LogP contribution is 2.27. The molecule has 0 amide bonds. The Kier molecular flexibility index (Phi) is 7.27. The summed E-state index contributed by atoms with van der Waals surface area (Å²) in [6.45, 7) is 12.0. The summed E-state index contributed by atoms with van der Waals surface area (Å²) in [4.78, 5) is 11.2. The summed E-state index contributed by atoms with van der Waals surface area (Å²) >= 11 is 0. The van der Waals surface area contributed by atoms with Crippen LogP contribution in [0.2, 0.25) is 0 Å². The number of ether oxygens (including phenoxy) is 1. The summed E-state index contributed by atoms with van der Waals surface area (Å²) in [5.41, 5.74) is 2.20. The largest absolute Gasteiger partial charge is 0.426 e. The number of aryl methyl sites for hydroxylation is 1. The van der Waals surface area contributed by atoms with Gasteiger partial charge in [0.2, 0.25) is 0 Å². The summed E-state index contributed by atoms with van der Waals surface area (Å²) in [6, 6.07) is 5.99. The summed E-state index contributed by atoms with van der Waals surface area (Å²) in [5.74, 6) is 0.893. The zero-order chi connectivity index (χ0) is 13.4. The van der Waals surface area contributed by atoms with Crippen molar-refractivity contribution in [1.29, 1.82) is 0 Å². The lowest BCUT2D eigenvalue weighted by Crippen LogP contribution is -2.08. The molecule has 0 aromatic heterocycles. The average molecular weight is 236 g/mol. The van der Waals surface area contributed by atoms with Crippen LogP contribution < -0.4 is 4.74 Å². The van der Waals surface area contributed by atoms with Gasteiger partial charge in [0.1, 0.15) is 5.75 Å². The van der Waals surface area contributed by atoms with Crippen LogP contribution in [-0.2, 0) is 4.79 Å². The van der Waals surface area contributed by atoms with Crippen molar-refractivity contribution in [1.82, 2.24) is 0 Å². The third-order valence-electron chi connectivity index (χ3n) is 2.30. The van der Waals surface area contributed by atoms with Gasteiger partial charge in [0.15, 0.2) is 0 Å². The van der Waals surface area contributed by atoms with Crippen LogP contribution in [0.1, 0.15) is 58.1 Å². The van der Waals surface area contributed by atoms with E-state index in [4.69, 9.17) is 4.74 Å². The molecule has 17 heavy (non-hydrogen) atoms. The number of hydrogen-bond donors (Lipinski definition) is 0. The van der Waals surface area contributed by atoms with Gasteiger partial charge in [0.05, 0.1) is 0 Å². The summed E-state index contributed by atoms with van der Waals surface area (Å²) in [5, 5.41) is 0. The molecule has 0 bridgehead atoms. The number of benzene rings is 1. The molecule has 0 fully saturated rings. The highest BCUT2D eigenvalue weighted by atomic mass is 16.5. The van der Waals surface area contributed by atoms with Crippen molar-refractivity contribution in [2.45, 2.75) is 53.9 Å². The van der Waals surface area contributed by atoms with E-state index >= 15 is 0 Å². The van der Waals surface area contributed by atoms with Gasteiger partial charge in [-0.05, 0) is 30.0 Å². The molecule has 0 spiro atoms. The van der Waals surface area contributed by atoms with E-state index in [0.717, 1.165) is 11.1 Å². The fourth-order valence-corrected chi connectivity index (χ4v) is 1.40. The van der Waals surface area contributed by atoms with E-state index in [1.54, 1.807) is 6.92 Å². The normalized spacial score (nSPS) is 9.59. The Morgan fingerprint density at radius 1 is 1.29 bits per heavy atom. The van der Waals surface area contributed by atoms with E-state index in [0.29, 0.717) is 18.1 Å². The van der Waals surface area contributed by atoms with Gasteiger partial charge >= 0.3 is 5.97 Å². The molecule has 1 rings (SSSR count). The van der Waals surface area contributed by atoms with Crippen LogP contribution in [0.5, 0.6) is 5.75 Å². The molecule has 96 valence electrons. The van der Waals surface area contributed by atoms with Crippen LogP contribution in [0, 0.1) is 6.92 Å². The maximum atomic E-state index is 11.2. The lowest BCUT2D eigenvalue weighted by molar-refractivity contribution is -0.134. The molecule has 0 heterocycles. The third-order valence-corrected chi connectivity index (χ3v) is 2.30. The number of esters is 1. The minimum absolute atomic E-state index is 0.178. The SMILES string of the molecule is CC.CCC(=O)Oc1cc(C)ccc1C(C)C. The van der Waals surface area contributed by atoms with E-state index in [-0.39, 0.29) is 5.97 Å². The Morgan fingerprint density at radius 2 is 1.88 bits per heavy atom. The van der Waals surface area contributed by atoms with Crippen LogP contribution in [0.3, 0.4) is 0 Å². The molecule has 2 nitrogen and oxygen atoms in total. The molecule has 0 aliphatic heterocycles. The molecule has 1 aromatic carbocycles. The molecule has 0 saturated carbocycles.